The molecule has 2 aliphatic carbocycles. The molecule has 4 rings (SSSR count). The van der Waals surface area contributed by atoms with Crippen LogP contribution in [0.2, 0.25) is 0 Å². The monoisotopic (exact) mass is 398 g/mol. The van der Waals surface area contributed by atoms with Gasteiger partial charge in [0.1, 0.15) is 12.4 Å². The van der Waals surface area contributed by atoms with Crippen molar-refractivity contribution in [3.8, 4) is 5.75 Å². The van der Waals surface area contributed by atoms with Crippen LogP contribution in [0.25, 0.3) is 10.8 Å². The van der Waals surface area contributed by atoms with Crippen molar-refractivity contribution in [1.29, 1.82) is 0 Å². The maximum atomic E-state index is 15.0. The van der Waals surface area contributed by atoms with Crippen LogP contribution in [0.4, 0.5) is 8.78 Å². The van der Waals surface area contributed by atoms with Gasteiger partial charge in [0.15, 0.2) is 11.6 Å². The lowest BCUT2D eigenvalue weighted by Gasteiger charge is -2.42. The quantitative estimate of drug-likeness (QED) is 0.467. The van der Waals surface area contributed by atoms with Gasteiger partial charge in [-0.25, -0.2) is 8.78 Å². The smallest absolute Gasteiger partial charge is 0.172 e. The lowest BCUT2D eigenvalue weighted by Crippen LogP contribution is -2.30. The zero-order valence-electron chi connectivity index (χ0n) is 17.6. The number of halogens is 2. The minimum Gasteiger partial charge on any atom is -0.486 e. The molecule has 0 spiro atoms. The first-order valence-electron chi connectivity index (χ1n) is 11.3. The Morgan fingerprint density at radius 1 is 1.03 bits per heavy atom. The van der Waals surface area contributed by atoms with Crippen molar-refractivity contribution < 1.29 is 13.5 Å². The minimum atomic E-state index is -0.473. The number of hydrogen-bond acceptors (Lipinski definition) is 1. The van der Waals surface area contributed by atoms with Crippen molar-refractivity contribution in [2.24, 2.45) is 17.8 Å². The number of rotatable bonds is 5. The molecule has 0 radical (unpaired) electrons. The van der Waals surface area contributed by atoms with Gasteiger partial charge in [-0.15, -0.1) is 0 Å². The third kappa shape index (κ3) is 4.20. The summed E-state index contributed by atoms with van der Waals surface area (Å²) in [6.07, 6.45) is 12.3. The topological polar surface area (TPSA) is 9.23 Å². The number of ether oxygens (including phenoxy) is 1. The fourth-order valence-electron chi connectivity index (χ4n) is 5.61. The van der Waals surface area contributed by atoms with Gasteiger partial charge in [0.25, 0.3) is 0 Å². The van der Waals surface area contributed by atoms with Crippen LogP contribution in [0.3, 0.4) is 0 Å². The molecule has 0 aliphatic heterocycles. The number of allylic oxidation sites excluding steroid dienone is 1. The highest BCUT2D eigenvalue weighted by Crippen LogP contribution is 2.48. The molecule has 29 heavy (non-hydrogen) atoms. The Labute approximate surface area is 173 Å². The second kappa shape index (κ2) is 8.85. The van der Waals surface area contributed by atoms with Gasteiger partial charge >= 0.3 is 0 Å². The molecular weight excluding hydrogens is 366 g/mol. The zero-order valence-corrected chi connectivity index (χ0v) is 17.6. The molecule has 1 nitrogen and oxygen atoms in total. The lowest BCUT2D eigenvalue weighted by molar-refractivity contribution is 0.115. The number of benzene rings is 2. The van der Waals surface area contributed by atoms with E-state index in [1.54, 1.807) is 6.07 Å². The van der Waals surface area contributed by atoms with Gasteiger partial charge in [0, 0.05) is 5.39 Å². The van der Waals surface area contributed by atoms with E-state index in [1.165, 1.54) is 38.2 Å². The molecule has 2 aliphatic rings. The molecule has 0 N–H and O–H groups in total. The van der Waals surface area contributed by atoms with Gasteiger partial charge in [-0.1, -0.05) is 38.0 Å². The van der Waals surface area contributed by atoms with E-state index in [4.69, 9.17) is 4.74 Å². The van der Waals surface area contributed by atoms with Crippen LogP contribution in [-0.4, -0.2) is 6.61 Å². The molecule has 2 aromatic carbocycles. The maximum absolute atomic E-state index is 15.0. The van der Waals surface area contributed by atoms with Crippen molar-refractivity contribution in [1.82, 2.24) is 0 Å². The second-order valence-electron chi connectivity index (χ2n) is 8.97. The van der Waals surface area contributed by atoms with Crippen LogP contribution in [0.15, 0.2) is 36.4 Å². The third-order valence-corrected chi connectivity index (χ3v) is 7.35. The predicted molar refractivity (Wildman–Crippen MR) is 115 cm³/mol. The summed E-state index contributed by atoms with van der Waals surface area (Å²) in [5.74, 6) is 2.13. The van der Waals surface area contributed by atoms with Crippen molar-refractivity contribution >= 4 is 10.8 Å². The van der Waals surface area contributed by atoms with E-state index in [0.29, 0.717) is 12.0 Å². The largest absolute Gasteiger partial charge is 0.486 e. The van der Waals surface area contributed by atoms with Gasteiger partial charge in [0.05, 0.1) is 0 Å². The van der Waals surface area contributed by atoms with Gasteiger partial charge in [-0.2, -0.15) is 0 Å². The van der Waals surface area contributed by atoms with E-state index in [-0.39, 0.29) is 17.5 Å². The van der Waals surface area contributed by atoms with Crippen LogP contribution in [0, 0.1) is 29.4 Å². The second-order valence-corrected chi connectivity index (χ2v) is 8.97. The number of hydrogen-bond donors (Lipinski definition) is 0. The van der Waals surface area contributed by atoms with Gasteiger partial charge in [0.2, 0.25) is 0 Å². The summed E-state index contributed by atoms with van der Waals surface area (Å²) < 4.78 is 35.3. The molecule has 0 aromatic heterocycles. The minimum absolute atomic E-state index is 0.177. The van der Waals surface area contributed by atoms with E-state index in [9.17, 15) is 4.39 Å². The molecule has 156 valence electrons. The molecule has 2 saturated carbocycles. The van der Waals surface area contributed by atoms with Crippen molar-refractivity contribution in [3.05, 3.63) is 53.6 Å². The fraction of sp³-hybridized carbons (Fsp3) is 0.538. The predicted octanol–water partition coefficient (Wildman–Crippen LogP) is 7.78. The van der Waals surface area contributed by atoms with Crippen LogP contribution in [-0.2, 0) is 0 Å². The van der Waals surface area contributed by atoms with Crippen LogP contribution in [0.5, 0.6) is 5.75 Å². The standard InChI is InChI=1S/C26H32F2O/c1-3-5-12-29-25-11-10-21-15-22(24(27)16-23(21)26(25)28)20-9-8-18-13-17(4-2)6-7-19(18)14-20/h3,5,10-11,15-20H,4,6-9,12-14H2,1-2H3. The van der Waals surface area contributed by atoms with Gasteiger partial charge in [-0.05, 0) is 91.8 Å². The fourth-order valence-corrected chi connectivity index (χ4v) is 5.61. The van der Waals surface area contributed by atoms with E-state index in [2.05, 4.69) is 6.92 Å². The highest BCUT2D eigenvalue weighted by Gasteiger charge is 2.36. The van der Waals surface area contributed by atoms with Crippen molar-refractivity contribution in [3.63, 3.8) is 0 Å². The Morgan fingerprint density at radius 3 is 2.62 bits per heavy atom. The molecule has 2 fully saturated rings. The molecule has 4 atom stereocenters. The van der Waals surface area contributed by atoms with Crippen LogP contribution < -0.4 is 4.74 Å². The first-order chi connectivity index (χ1) is 14.1. The molecule has 0 bridgehead atoms. The molecule has 0 saturated heterocycles. The van der Waals surface area contributed by atoms with Crippen LogP contribution >= 0.6 is 0 Å². The highest BCUT2D eigenvalue weighted by molar-refractivity contribution is 5.85. The molecule has 2 aromatic rings. The Hall–Kier alpha value is -1.90. The summed E-state index contributed by atoms with van der Waals surface area (Å²) in [4.78, 5) is 0. The summed E-state index contributed by atoms with van der Waals surface area (Å²) in [6.45, 7) is 4.50. The highest BCUT2D eigenvalue weighted by atomic mass is 19.1. The van der Waals surface area contributed by atoms with E-state index < -0.39 is 5.82 Å². The number of fused-ring (bicyclic) bond motifs is 2. The van der Waals surface area contributed by atoms with E-state index >= 15 is 4.39 Å². The summed E-state index contributed by atoms with van der Waals surface area (Å²) in [5.41, 5.74) is 0.774. The van der Waals surface area contributed by atoms with Crippen molar-refractivity contribution in [2.45, 2.75) is 64.7 Å². The average molecular weight is 399 g/mol. The van der Waals surface area contributed by atoms with Gasteiger partial charge < -0.3 is 4.74 Å². The molecular formula is C26H32F2O. The molecule has 3 heteroatoms. The lowest BCUT2D eigenvalue weighted by atomic mass is 9.63. The summed E-state index contributed by atoms with van der Waals surface area (Å²) in [7, 11) is 0. The Balaban J connectivity index is 1.55. The average Bonchev–Trinajstić information content (AvgIpc) is 2.75. The Morgan fingerprint density at radius 2 is 1.83 bits per heavy atom. The zero-order chi connectivity index (χ0) is 20.4. The summed E-state index contributed by atoms with van der Waals surface area (Å²) in [5, 5.41) is 1.07. The first-order valence-corrected chi connectivity index (χ1v) is 11.3. The summed E-state index contributed by atoms with van der Waals surface area (Å²) >= 11 is 0. The normalized spacial score (nSPS) is 27.3. The Kier molecular flexibility index (Phi) is 6.22. The Bertz CT molecular complexity index is 888. The molecule has 0 heterocycles. The molecule has 4 unspecified atom stereocenters. The SMILES string of the molecule is CC=CCOc1ccc2cc(C3CCC4CC(CC)CCC4C3)c(F)cc2c1F. The summed E-state index contributed by atoms with van der Waals surface area (Å²) in [6, 6.07) is 6.77. The van der Waals surface area contributed by atoms with Gasteiger partial charge in [-0.3, -0.25) is 0 Å². The first kappa shape index (κ1) is 20.4. The maximum Gasteiger partial charge on any atom is 0.172 e. The van der Waals surface area contributed by atoms with E-state index in [1.807, 2.05) is 31.2 Å². The third-order valence-electron chi connectivity index (χ3n) is 7.35. The van der Waals surface area contributed by atoms with Crippen molar-refractivity contribution in [2.75, 3.05) is 6.61 Å². The molecule has 0 amide bonds. The van der Waals surface area contributed by atoms with Crippen LogP contribution in [0.1, 0.15) is 70.3 Å². The van der Waals surface area contributed by atoms with E-state index in [0.717, 1.165) is 41.5 Å².